The van der Waals surface area contributed by atoms with E-state index in [1.54, 1.807) is 31.4 Å². The lowest BCUT2D eigenvalue weighted by Gasteiger charge is -2.26. The summed E-state index contributed by atoms with van der Waals surface area (Å²) in [6.07, 6.45) is 2.96. The van der Waals surface area contributed by atoms with Gasteiger partial charge in [-0.1, -0.05) is 12.1 Å². The minimum atomic E-state index is -0.332. The number of benzene rings is 1. The van der Waals surface area contributed by atoms with Crippen LogP contribution in [-0.4, -0.2) is 50.0 Å². The molecule has 1 aliphatic heterocycles. The largest absolute Gasteiger partial charge is 0.497 e. The average molecular weight is 303 g/mol. The second-order valence-corrected chi connectivity index (χ2v) is 5.24. The van der Waals surface area contributed by atoms with E-state index < -0.39 is 0 Å². The van der Waals surface area contributed by atoms with Crippen LogP contribution in [0.5, 0.6) is 5.75 Å². The molecule has 1 aromatic rings. The molecule has 1 aliphatic rings. The molecular weight excluding hydrogens is 282 g/mol. The number of ether oxygens (including phenoxy) is 1. The van der Waals surface area contributed by atoms with Gasteiger partial charge in [0.15, 0.2) is 0 Å². The van der Waals surface area contributed by atoms with E-state index in [2.05, 4.69) is 11.4 Å². The SMILES string of the molecule is COc1cccc(C(=O)NCC2=CCCN(CC(N)=O)C2)c1. The van der Waals surface area contributed by atoms with Crippen molar-refractivity contribution in [3.63, 3.8) is 0 Å². The molecule has 118 valence electrons. The highest BCUT2D eigenvalue weighted by Crippen LogP contribution is 2.13. The van der Waals surface area contributed by atoms with Gasteiger partial charge in [0.05, 0.1) is 13.7 Å². The number of methoxy groups -OCH3 is 1. The summed E-state index contributed by atoms with van der Waals surface area (Å²) in [4.78, 5) is 25.1. The Bertz CT molecular complexity index is 584. The topological polar surface area (TPSA) is 84.7 Å². The molecule has 1 aromatic carbocycles. The summed E-state index contributed by atoms with van der Waals surface area (Å²) in [7, 11) is 1.57. The summed E-state index contributed by atoms with van der Waals surface area (Å²) in [5, 5.41) is 2.89. The van der Waals surface area contributed by atoms with Crippen LogP contribution in [0.2, 0.25) is 0 Å². The molecule has 22 heavy (non-hydrogen) atoms. The lowest BCUT2D eigenvalue weighted by Crippen LogP contribution is -2.39. The number of primary amides is 1. The van der Waals surface area contributed by atoms with E-state index in [1.807, 2.05) is 4.90 Å². The number of nitrogens with one attached hydrogen (secondary N) is 1. The van der Waals surface area contributed by atoms with E-state index in [0.29, 0.717) is 24.4 Å². The zero-order valence-corrected chi connectivity index (χ0v) is 12.7. The van der Waals surface area contributed by atoms with Crippen LogP contribution in [0, 0.1) is 0 Å². The summed E-state index contributed by atoms with van der Waals surface area (Å²) < 4.78 is 5.11. The fourth-order valence-corrected chi connectivity index (χ4v) is 2.43. The first-order valence-electron chi connectivity index (χ1n) is 7.19. The van der Waals surface area contributed by atoms with Crippen molar-refractivity contribution in [3.05, 3.63) is 41.5 Å². The van der Waals surface area contributed by atoms with Gasteiger partial charge in [0.1, 0.15) is 5.75 Å². The van der Waals surface area contributed by atoms with Gasteiger partial charge in [-0.05, 0) is 30.2 Å². The number of nitrogens with zero attached hydrogens (tertiary/aromatic N) is 1. The Kier molecular flexibility index (Phi) is 5.55. The lowest BCUT2D eigenvalue weighted by molar-refractivity contribution is -0.119. The Hall–Kier alpha value is -2.34. The van der Waals surface area contributed by atoms with E-state index >= 15 is 0 Å². The van der Waals surface area contributed by atoms with Crippen molar-refractivity contribution in [3.8, 4) is 5.75 Å². The lowest BCUT2D eigenvalue weighted by atomic mass is 10.1. The highest BCUT2D eigenvalue weighted by atomic mass is 16.5. The van der Waals surface area contributed by atoms with Crippen LogP contribution in [0.25, 0.3) is 0 Å². The van der Waals surface area contributed by atoms with Gasteiger partial charge >= 0.3 is 0 Å². The van der Waals surface area contributed by atoms with Crippen molar-refractivity contribution in [2.75, 3.05) is 33.3 Å². The zero-order chi connectivity index (χ0) is 15.9. The number of rotatable bonds is 6. The Labute approximate surface area is 129 Å². The molecule has 2 amide bonds. The smallest absolute Gasteiger partial charge is 0.251 e. The molecule has 3 N–H and O–H groups in total. The summed E-state index contributed by atoms with van der Waals surface area (Å²) >= 11 is 0. The van der Waals surface area contributed by atoms with E-state index in [0.717, 1.165) is 18.5 Å². The maximum absolute atomic E-state index is 12.1. The molecule has 6 nitrogen and oxygen atoms in total. The van der Waals surface area contributed by atoms with Crippen molar-refractivity contribution in [1.82, 2.24) is 10.2 Å². The normalized spacial score (nSPS) is 15.0. The molecule has 0 radical (unpaired) electrons. The van der Waals surface area contributed by atoms with Crippen LogP contribution in [-0.2, 0) is 4.79 Å². The van der Waals surface area contributed by atoms with Gasteiger partial charge in [0.25, 0.3) is 5.91 Å². The first-order chi connectivity index (χ1) is 10.6. The van der Waals surface area contributed by atoms with Gasteiger partial charge in [-0.3, -0.25) is 14.5 Å². The van der Waals surface area contributed by atoms with Gasteiger partial charge in [-0.2, -0.15) is 0 Å². The Morgan fingerprint density at radius 2 is 2.23 bits per heavy atom. The van der Waals surface area contributed by atoms with Crippen LogP contribution in [0.1, 0.15) is 16.8 Å². The van der Waals surface area contributed by atoms with Gasteiger partial charge in [0, 0.05) is 25.2 Å². The third kappa shape index (κ3) is 4.60. The van der Waals surface area contributed by atoms with Crippen molar-refractivity contribution in [2.24, 2.45) is 5.73 Å². The predicted molar refractivity (Wildman–Crippen MR) is 83.7 cm³/mol. The minimum Gasteiger partial charge on any atom is -0.497 e. The van der Waals surface area contributed by atoms with E-state index in [4.69, 9.17) is 10.5 Å². The van der Waals surface area contributed by atoms with Crippen molar-refractivity contribution in [2.45, 2.75) is 6.42 Å². The summed E-state index contributed by atoms with van der Waals surface area (Å²) in [6.45, 7) is 2.18. The molecule has 0 aromatic heterocycles. The molecule has 1 heterocycles. The number of carbonyl (C=O) groups excluding carboxylic acids is 2. The first-order valence-corrected chi connectivity index (χ1v) is 7.19. The maximum atomic E-state index is 12.1. The maximum Gasteiger partial charge on any atom is 0.251 e. The van der Waals surface area contributed by atoms with Crippen LogP contribution in [0.4, 0.5) is 0 Å². The number of amides is 2. The molecule has 0 saturated carbocycles. The van der Waals surface area contributed by atoms with Crippen LogP contribution >= 0.6 is 0 Å². The van der Waals surface area contributed by atoms with E-state index in [-0.39, 0.29) is 18.4 Å². The van der Waals surface area contributed by atoms with Crippen LogP contribution in [0.3, 0.4) is 0 Å². The number of hydrogen-bond donors (Lipinski definition) is 2. The molecule has 0 spiro atoms. The molecular formula is C16H21N3O3. The van der Waals surface area contributed by atoms with Gasteiger partial charge in [0.2, 0.25) is 5.91 Å². The Morgan fingerprint density at radius 1 is 1.41 bits per heavy atom. The molecule has 0 atom stereocenters. The van der Waals surface area contributed by atoms with E-state index in [9.17, 15) is 9.59 Å². The quantitative estimate of drug-likeness (QED) is 0.751. The predicted octanol–water partition coefficient (Wildman–Crippen LogP) is 0.542. The monoisotopic (exact) mass is 303 g/mol. The highest BCUT2D eigenvalue weighted by Gasteiger charge is 2.15. The van der Waals surface area contributed by atoms with Gasteiger partial charge < -0.3 is 15.8 Å². The standard InChI is InChI=1S/C16H21N3O3/c1-22-14-6-2-5-13(8-14)16(21)18-9-12-4-3-7-19(10-12)11-15(17)20/h2,4-6,8H,3,7,9-11H2,1H3,(H2,17,20)(H,18,21). The number of carbonyl (C=O) groups is 2. The Balaban J connectivity index is 1.88. The fraction of sp³-hybridized carbons (Fsp3) is 0.375. The molecule has 0 fully saturated rings. The third-order valence-electron chi connectivity index (χ3n) is 3.49. The van der Waals surface area contributed by atoms with E-state index in [1.165, 1.54) is 0 Å². The fourth-order valence-electron chi connectivity index (χ4n) is 2.43. The summed E-state index contributed by atoms with van der Waals surface area (Å²) in [5.41, 5.74) is 6.86. The second kappa shape index (κ2) is 7.61. The molecule has 2 rings (SSSR count). The van der Waals surface area contributed by atoms with Crippen LogP contribution in [0.15, 0.2) is 35.9 Å². The van der Waals surface area contributed by atoms with Crippen LogP contribution < -0.4 is 15.8 Å². The number of nitrogens with two attached hydrogens (primary N) is 1. The van der Waals surface area contributed by atoms with Gasteiger partial charge in [-0.25, -0.2) is 0 Å². The van der Waals surface area contributed by atoms with Crippen molar-refractivity contribution < 1.29 is 14.3 Å². The molecule has 0 saturated heterocycles. The molecule has 0 unspecified atom stereocenters. The van der Waals surface area contributed by atoms with Crippen molar-refractivity contribution >= 4 is 11.8 Å². The minimum absolute atomic E-state index is 0.146. The number of hydrogen-bond acceptors (Lipinski definition) is 4. The summed E-state index contributed by atoms with van der Waals surface area (Å²) in [5.74, 6) is 0.172. The Morgan fingerprint density at radius 3 is 2.95 bits per heavy atom. The summed E-state index contributed by atoms with van der Waals surface area (Å²) in [6, 6.07) is 7.01. The second-order valence-electron chi connectivity index (χ2n) is 5.24. The van der Waals surface area contributed by atoms with Gasteiger partial charge in [-0.15, -0.1) is 0 Å². The first kappa shape index (κ1) is 16.0. The highest BCUT2D eigenvalue weighted by molar-refractivity contribution is 5.94. The average Bonchev–Trinajstić information content (AvgIpc) is 2.52. The molecule has 0 bridgehead atoms. The third-order valence-corrected chi connectivity index (χ3v) is 3.49. The molecule has 6 heteroatoms. The zero-order valence-electron chi connectivity index (χ0n) is 12.7. The van der Waals surface area contributed by atoms with Crippen molar-refractivity contribution in [1.29, 1.82) is 0 Å². The molecule has 0 aliphatic carbocycles.